The Bertz CT molecular complexity index is 431. The number of hydrogen-bond donors (Lipinski definition) is 0. The maximum Gasteiger partial charge on any atom is 0.325 e. The lowest BCUT2D eigenvalue weighted by molar-refractivity contribution is -0.149. The van der Waals surface area contributed by atoms with Gasteiger partial charge in [-0.25, -0.2) is 0 Å². The van der Waals surface area contributed by atoms with Crippen LogP contribution in [0, 0.1) is 0 Å². The molecule has 0 saturated carbocycles. The van der Waals surface area contributed by atoms with Gasteiger partial charge in [0.25, 0.3) is 0 Å². The van der Waals surface area contributed by atoms with Gasteiger partial charge in [-0.05, 0) is 19.4 Å². The molecular weight excluding hydrogens is 258 g/mol. The summed E-state index contributed by atoms with van der Waals surface area (Å²) in [6.45, 7) is 3.95. The molecule has 0 N–H and O–H groups in total. The molecule has 0 unspecified atom stereocenters. The number of ether oxygens (including phenoxy) is 2. The summed E-state index contributed by atoms with van der Waals surface area (Å²) < 4.78 is 9.91. The van der Waals surface area contributed by atoms with E-state index < -0.39 is 5.97 Å². The molecule has 0 radical (unpaired) electrons. The molecule has 0 bridgehead atoms. The van der Waals surface area contributed by atoms with Crippen LogP contribution in [0.4, 0.5) is 0 Å². The quantitative estimate of drug-likeness (QED) is 0.712. The summed E-state index contributed by atoms with van der Waals surface area (Å²) in [5.74, 6) is -0.674. The molecule has 0 saturated heterocycles. The van der Waals surface area contributed by atoms with Crippen molar-refractivity contribution in [3.8, 4) is 0 Å². The lowest BCUT2D eigenvalue weighted by atomic mass is 10.2. The minimum Gasteiger partial charge on any atom is -0.468 e. The number of hydrogen-bond acceptors (Lipinski definition) is 4. The third kappa shape index (κ3) is 5.84. The second kappa shape index (κ2) is 8.32. The van der Waals surface area contributed by atoms with Gasteiger partial charge in [-0.15, -0.1) is 0 Å². The van der Waals surface area contributed by atoms with Crippen LogP contribution in [0.2, 0.25) is 0 Å². The van der Waals surface area contributed by atoms with Crippen molar-refractivity contribution in [2.45, 2.75) is 26.5 Å². The maximum absolute atomic E-state index is 12.1. The number of nitrogens with zero attached hydrogens (tertiary/aromatic N) is 1. The third-order valence-corrected chi connectivity index (χ3v) is 2.66. The van der Waals surface area contributed by atoms with E-state index in [2.05, 4.69) is 4.74 Å². The molecule has 5 heteroatoms. The molecule has 0 atom stereocenters. The minimum atomic E-state index is -0.446. The molecule has 1 rings (SSSR count). The molecule has 0 aromatic heterocycles. The van der Waals surface area contributed by atoms with Gasteiger partial charge in [0.05, 0.1) is 13.2 Å². The van der Waals surface area contributed by atoms with Crippen LogP contribution < -0.4 is 0 Å². The molecule has 0 heterocycles. The third-order valence-electron chi connectivity index (χ3n) is 2.66. The Labute approximate surface area is 119 Å². The van der Waals surface area contributed by atoms with E-state index in [1.807, 2.05) is 44.2 Å². The van der Waals surface area contributed by atoms with Crippen molar-refractivity contribution < 1.29 is 19.1 Å². The molecule has 20 heavy (non-hydrogen) atoms. The Morgan fingerprint density at radius 2 is 1.85 bits per heavy atom. The van der Waals surface area contributed by atoms with Crippen molar-refractivity contribution in [2.24, 2.45) is 0 Å². The van der Waals surface area contributed by atoms with E-state index in [1.54, 1.807) is 0 Å². The van der Waals surface area contributed by atoms with Crippen molar-refractivity contribution >= 4 is 11.9 Å². The van der Waals surface area contributed by atoms with Gasteiger partial charge in [-0.2, -0.15) is 0 Å². The average molecular weight is 279 g/mol. The zero-order valence-electron chi connectivity index (χ0n) is 12.2. The monoisotopic (exact) mass is 279 g/mol. The highest BCUT2D eigenvalue weighted by atomic mass is 16.5. The molecule has 1 aromatic rings. The SMILES string of the molecule is COC(=O)CN(Cc1ccccc1)C(=O)COC(C)C. The highest BCUT2D eigenvalue weighted by molar-refractivity contribution is 5.82. The molecule has 0 spiro atoms. The highest BCUT2D eigenvalue weighted by Crippen LogP contribution is 2.06. The second-order valence-electron chi connectivity index (χ2n) is 4.67. The van der Waals surface area contributed by atoms with Crippen molar-refractivity contribution in [2.75, 3.05) is 20.3 Å². The lowest BCUT2D eigenvalue weighted by Crippen LogP contribution is -2.38. The van der Waals surface area contributed by atoms with Gasteiger partial charge in [-0.3, -0.25) is 9.59 Å². The molecule has 1 amide bonds. The van der Waals surface area contributed by atoms with Crippen molar-refractivity contribution in [3.63, 3.8) is 0 Å². The van der Waals surface area contributed by atoms with Crippen LogP contribution in [0.3, 0.4) is 0 Å². The molecule has 110 valence electrons. The minimum absolute atomic E-state index is 0.0318. The van der Waals surface area contributed by atoms with Gasteiger partial charge in [0.15, 0.2) is 0 Å². The molecule has 0 aliphatic heterocycles. The Hall–Kier alpha value is -1.88. The number of rotatable bonds is 7. The number of methoxy groups -OCH3 is 1. The predicted octanol–water partition coefficient (Wildman–Crippen LogP) is 1.61. The zero-order valence-corrected chi connectivity index (χ0v) is 12.2. The fourth-order valence-electron chi connectivity index (χ4n) is 1.59. The Morgan fingerprint density at radius 3 is 2.40 bits per heavy atom. The maximum atomic E-state index is 12.1. The molecule has 0 fully saturated rings. The van der Waals surface area contributed by atoms with Gasteiger partial charge >= 0.3 is 5.97 Å². The predicted molar refractivity (Wildman–Crippen MR) is 75.0 cm³/mol. The average Bonchev–Trinajstić information content (AvgIpc) is 2.44. The van der Waals surface area contributed by atoms with Crippen molar-refractivity contribution in [1.29, 1.82) is 0 Å². The van der Waals surface area contributed by atoms with E-state index >= 15 is 0 Å². The van der Waals surface area contributed by atoms with E-state index in [9.17, 15) is 9.59 Å². The number of benzene rings is 1. The van der Waals surface area contributed by atoms with Crippen LogP contribution >= 0.6 is 0 Å². The summed E-state index contributed by atoms with van der Waals surface area (Å²) >= 11 is 0. The van der Waals surface area contributed by atoms with E-state index in [0.717, 1.165) is 5.56 Å². The van der Waals surface area contributed by atoms with Crippen LogP contribution in [0.15, 0.2) is 30.3 Å². The number of amides is 1. The van der Waals surface area contributed by atoms with Gasteiger partial charge in [0.1, 0.15) is 13.2 Å². The van der Waals surface area contributed by atoms with Crippen LogP contribution in [0.5, 0.6) is 0 Å². The van der Waals surface area contributed by atoms with E-state index in [1.165, 1.54) is 12.0 Å². The summed E-state index contributed by atoms with van der Waals surface area (Å²) in [5, 5.41) is 0. The van der Waals surface area contributed by atoms with Gasteiger partial charge in [0.2, 0.25) is 5.91 Å². The topological polar surface area (TPSA) is 55.8 Å². The van der Waals surface area contributed by atoms with E-state index in [4.69, 9.17) is 4.74 Å². The summed E-state index contributed by atoms with van der Waals surface area (Å²) in [6.07, 6.45) is -0.0318. The molecular formula is C15H21NO4. The number of esters is 1. The van der Waals surface area contributed by atoms with Crippen LogP contribution in [0.1, 0.15) is 19.4 Å². The Balaban J connectivity index is 2.69. The Kier molecular flexibility index (Phi) is 6.73. The number of carbonyl (C=O) groups is 2. The van der Waals surface area contributed by atoms with Crippen LogP contribution in [-0.2, 0) is 25.6 Å². The lowest BCUT2D eigenvalue weighted by Gasteiger charge is -2.22. The fourth-order valence-corrected chi connectivity index (χ4v) is 1.59. The van der Waals surface area contributed by atoms with Gasteiger partial charge in [0, 0.05) is 6.54 Å². The van der Waals surface area contributed by atoms with Crippen LogP contribution in [0.25, 0.3) is 0 Å². The summed E-state index contributed by atoms with van der Waals surface area (Å²) in [7, 11) is 1.30. The summed E-state index contributed by atoms with van der Waals surface area (Å²) in [4.78, 5) is 24.9. The summed E-state index contributed by atoms with van der Waals surface area (Å²) in [5.41, 5.74) is 0.953. The molecule has 0 aliphatic carbocycles. The normalized spacial score (nSPS) is 10.4. The summed E-state index contributed by atoms with van der Waals surface area (Å²) in [6, 6.07) is 9.49. The second-order valence-corrected chi connectivity index (χ2v) is 4.67. The largest absolute Gasteiger partial charge is 0.468 e. The molecule has 5 nitrogen and oxygen atoms in total. The zero-order chi connectivity index (χ0) is 15.0. The smallest absolute Gasteiger partial charge is 0.325 e. The van der Waals surface area contributed by atoms with E-state index in [-0.39, 0.29) is 25.2 Å². The first-order valence-corrected chi connectivity index (χ1v) is 6.53. The molecule has 0 aliphatic rings. The van der Waals surface area contributed by atoms with Gasteiger partial charge < -0.3 is 14.4 Å². The Morgan fingerprint density at radius 1 is 1.20 bits per heavy atom. The molecule has 1 aromatic carbocycles. The van der Waals surface area contributed by atoms with Crippen molar-refractivity contribution in [3.05, 3.63) is 35.9 Å². The first-order valence-electron chi connectivity index (χ1n) is 6.53. The van der Waals surface area contributed by atoms with Crippen molar-refractivity contribution in [1.82, 2.24) is 4.90 Å². The highest BCUT2D eigenvalue weighted by Gasteiger charge is 2.18. The standard InChI is InChI=1S/C15H21NO4/c1-12(2)20-11-14(17)16(10-15(18)19-3)9-13-7-5-4-6-8-13/h4-8,12H,9-11H2,1-3H3. The van der Waals surface area contributed by atoms with Gasteiger partial charge in [-0.1, -0.05) is 30.3 Å². The fraction of sp³-hybridized carbons (Fsp3) is 0.467. The first-order chi connectivity index (χ1) is 9.52. The van der Waals surface area contributed by atoms with E-state index in [0.29, 0.717) is 6.54 Å². The van der Waals surface area contributed by atoms with Crippen LogP contribution in [-0.4, -0.2) is 43.1 Å². The number of carbonyl (C=O) groups excluding carboxylic acids is 2. The first kappa shape index (κ1) is 16.2.